The van der Waals surface area contributed by atoms with Gasteiger partial charge >= 0.3 is 5.97 Å². The predicted molar refractivity (Wildman–Crippen MR) is 122 cm³/mol. The maximum absolute atomic E-state index is 12.4. The van der Waals surface area contributed by atoms with Crippen LogP contribution in [0.1, 0.15) is 30.1 Å². The number of halogens is 1. The van der Waals surface area contributed by atoms with Crippen LogP contribution in [0.4, 0.5) is 5.69 Å². The highest BCUT2D eigenvalue weighted by molar-refractivity contribution is 7.99. The molecule has 0 radical (unpaired) electrons. The van der Waals surface area contributed by atoms with E-state index in [1.807, 2.05) is 48.9 Å². The summed E-state index contributed by atoms with van der Waals surface area (Å²) in [5.74, 6) is 0.130. The number of ether oxygens (including phenoxy) is 1. The molecule has 0 aliphatic rings. The van der Waals surface area contributed by atoms with Crippen molar-refractivity contribution in [3.63, 3.8) is 0 Å². The Balaban J connectivity index is 1.60. The lowest BCUT2D eigenvalue weighted by Crippen LogP contribution is -2.15. The lowest BCUT2D eigenvalue weighted by atomic mass is 10.2. The van der Waals surface area contributed by atoms with Crippen molar-refractivity contribution in [2.75, 3.05) is 17.7 Å². The molecule has 0 atom stereocenters. The largest absolute Gasteiger partial charge is 0.462 e. The molecular weight excluding hydrogens is 436 g/mol. The molecule has 0 saturated carbocycles. The molecule has 0 spiro atoms. The van der Waals surface area contributed by atoms with Gasteiger partial charge in [-0.1, -0.05) is 67.0 Å². The Hall–Kier alpha value is -2.84. The average Bonchev–Trinajstić information content (AvgIpc) is 3.14. The van der Waals surface area contributed by atoms with E-state index in [0.29, 0.717) is 17.5 Å². The van der Waals surface area contributed by atoms with Gasteiger partial charge in [-0.25, -0.2) is 4.79 Å². The molecule has 162 valence electrons. The number of rotatable bonds is 9. The first kappa shape index (κ1) is 22.8. The van der Waals surface area contributed by atoms with Gasteiger partial charge in [0.15, 0.2) is 11.0 Å². The third-order valence-electron chi connectivity index (χ3n) is 4.40. The number of amides is 1. The van der Waals surface area contributed by atoms with E-state index in [0.717, 1.165) is 24.2 Å². The Morgan fingerprint density at radius 3 is 2.68 bits per heavy atom. The molecule has 31 heavy (non-hydrogen) atoms. The standard InChI is InChI=1S/C22H23ClN4O3S/c1-3-4-12-30-21(29)17-13-16(10-11-18(17)23)24-19(28)14-31-22-26-25-20(27(22)2)15-8-6-5-7-9-15/h5-11,13H,3-4,12,14H2,1-2H3,(H,24,28). The predicted octanol–water partition coefficient (Wildman–Crippen LogP) is 4.82. The number of esters is 1. The molecule has 0 aliphatic heterocycles. The molecule has 2 aromatic carbocycles. The van der Waals surface area contributed by atoms with Gasteiger partial charge in [-0.05, 0) is 24.6 Å². The lowest BCUT2D eigenvalue weighted by molar-refractivity contribution is -0.113. The van der Waals surface area contributed by atoms with Crippen molar-refractivity contribution >= 4 is 40.9 Å². The van der Waals surface area contributed by atoms with E-state index >= 15 is 0 Å². The number of nitrogens with zero attached hydrogens (tertiary/aromatic N) is 3. The molecular formula is C22H23ClN4O3S. The molecule has 1 amide bonds. The number of carbonyl (C=O) groups excluding carboxylic acids is 2. The normalized spacial score (nSPS) is 10.7. The highest BCUT2D eigenvalue weighted by Crippen LogP contribution is 2.24. The van der Waals surface area contributed by atoms with Gasteiger partial charge in [0.05, 0.1) is 22.9 Å². The first-order valence-corrected chi connectivity index (χ1v) is 11.2. The molecule has 0 fully saturated rings. The number of unbranched alkanes of at least 4 members (excludes halogenated alkanes) is 1. The van der Waals surface area contributed by atoms with Crippen molar-refractivity contribution < 1.29 is 14.3 Å². The van der Waals surface area contributed by atoms with Gasteiger partial charge in [-0.2, -0.15) is 0 Å². The Morgan fingerprint density at radius 2 is 1.94 bits per heavy atom. The van der Waals surface area contributed by atoms with Crippen LogP contribution in [0.15, 0.2) is 53.7 Å². The first-order valence-electron chi connectivity index (χ1n) is 9.83. The number of hydrogen-bond acceptors (Lipinski definition) is 6. The first-order chi connectivity index (χ1) is 15.0. The summed E-state index contributed by atoms with van der Waals surface area (Å²) in [6, 6.07) is 14.4. The summed E-state index contributed by atoms with van der Waals surface area (Å²) in [5, 5.41) is 12.1. The quantitative estimate of drug-likeness (QED) is 0.281. The third-order valence-corrected chi connectivity index (χ3v) is 5.75. The summed E-state index contributed by atoms with van der Waals surface area (Å²) in [6.45, 7) is 2.35. The van der Waals surface area contributed by atoms with E-state index in [4.69, 9.17) is 16.3 Å². The third kappa shape index (κ3) is 6.08. The fourth-order valence-electron chi connectivity index (χ4n) is 2.75. The summed E-state index contributed by atoms with van der Waals surface area (Å²) in [5.41, 5.74) is 1.65. The smallest absolute Gasteiger partial charge is 0.339 e. The molecule has 3 aromatic rings. The zero-order valence-electron chi connectivity index (χ0n) is 17.3. The summed E-state index contributed by atoms with van der Waals surface area (Å²) < 4.78 is 7.06. The second-order valence-electron chi connectivity index (χ2n) is 6.75. The van der Waals surface area contributed by atoms with Crippen LogP contribution in [0.2, 0.25) is 5.02 Å². The van der Waals surface area contributed by atoms with E-state index in [-0.39, 0.29) is 22.2 Å². The molecule has 3 rings (SSSR count). The summed E-state index contributed by atoms with van der Waals surface area (Å²) in [6.07, 6.45) is 1.71. The zero-order valence-corrected chi connectivity index (χ0v) is 18.9. The van der Waals surface area contributed by atoms with Crippen LogP contribution >= 0.6 is 23.4 Å². The van der Waals surface area contributed by atoms with Crippen LogP contribution in [-0.4, -0.2) is 39.0 Å². The zero-order chi connectivity index (χ0) is 22.2. The maximum atomic E-state index is 12.4. The molecule has 1 N–H and O–H groups in total. The second-order valence-corrected chi connectivity index (χ2v) is 8.10. The number of benzene rings is 2. The average molecular weight is 459 g/mol. The molecule has 7 nitrogen and oxygen atoms in total. The molecule has 9 heteroatoms. The van der Waals surface area contributed by atoms with Gasteiger partial charge in [0.2, 0.25) is 5.91 Å². The Bertz CT molecular complexity index is 1060. The minimum Gasteiger partial charge on any atom is -0.462 e. The van der Waals surface area contributed by atoms with Crippen molar-refractivity contribution in [3.8, 4) is 11.4 Å². The van der Waals surface area contributed by atoms with Crippen LogP contribution in [0, 0.1) is 0 Å². The molecule has 1 heterocycles. The van der Waals surface area contributed by atoms with E-state index in [1.165, 1.54) is 17.8 Å². The van der Waals surface area contributed by atoms with Gasteiger partial charge in [0.1, 0.15) is 0 Å². The van der Waals surface area contributed by atoms with Gasteiger partial charge in [0, 0.05) is 18.3 Å². The topological polar surface area (TPSA) is 86.1 Å². The number of anilines is 1. The Kier molecular flexibility index (Phi) is 8.08. The number of nitrogens with one attached hydrogen (secondary N) is 1. The fourth-order valence-corrected chi connectivity index (χ4v) is 3.66. The number of hydrogen-bond donors (Lipinski definition) is 1. The fraction of sp³-hybridized carbons (Fsp3) is 0.273. The molecule has 0 unspecified atom stereocenters. The molecule has 0 aliphatic carbocycles. The van der Waals surface area contributed by atoms with Gasteiger partial charge in [0.25, 0.3) is 0 Å². The van der Waals surface area contributed by atoms with Gasteiger partial charge in [-0.3, -0.25) is 4.79 Å². The maximum Gasteiger partial charge on any atom is 0.339 e. The van der Waals surface area contributed by atoms with Crippen LogP contribution in [0.3, 0.4) is 0 Å². The molecule has 1 aromatic heterocycles. The van der Waals surface area contributed by atoms with Crippen molar-refractivity contribution in [1.29, 1.82) is 0 Å². The van der Waals surface area contributed by atoms with Crippen LogP contribution < -0.4 is 5.32 Å². The van der Waals surface area contributed by atoms with Crippen LogP contribution in [-0.2, 0) is 16.6 Å². The van der Waals surface area contributed by atoms with Gasteiger partial charge in [-0.15, -0.1) is 10.2 Å². The minimum absolute atomic E-state index is 0.139. The Morgan fingerprint density at radius 1 is 1.16 bits per heavy atom. The van der Waals surface area contributed by atoms with Crippen molar-refractivity contribution in [2.45, 2.75) is 24.9 Å². The van der Waals surface area contributed by atoms with Crippen molar-refractivity contribution in [3.05, 3.63) is 59.1 Å². The van der Waals surface area contributed by atoms with Crippen molar-refractivity contribution in [2.24, 2.45) is 7.05 Å². The highest BCUT2D eigenvalue weighted by atomic mass is 35.5. The SMILES string of the molecule is CCCCOC(=O)c1cc(NC(=O)CSc2nnc(-c3ccccc3)n2C)ccc1Cl. The summed E-state index contributed by atoms with van der Waals surface area (Å²) in [4.78, 5) is 24.6. The van der Waals surface area contributed by atoms with Crippen LogP contribution in [0.25, 0.3) is 11.4 Å². The van der Waals surface area contributed by atoms with Gasteiger partial charge < -0.3 is 14.6 Å². The van der Waals surface area contributed by atoms with E-state index in [2.05, 4.69) is 15.5 Å². The highest BCUT2D eigenvalue weighted by Gasteiger charge is 2.15. The monoisotopic (exact) mass is 458 g/mol. The van der Waals surface area contributed by atoms with Crippen molar-refractivity contribution in [1.82, 2.24) is 14.8 Å². The minimum atomic E-state index is -0.503. The number of aromatic nitrogens is 3. The van der Waals surface area contributed by atoms with E-state index in [1.54, 1.807) is 12.1 Å². The lowest BCUT2D eigenvalue weighted by Gasteiger charge is -2.09. The van der Waals surface area contributed by atoms with Crippen LogP contribution in [0.5, 0.6) is 0 Å². The number of carbonyl (C=O) groups is 2. The summed E-state index contributed by atoms with van der Waals surface area (Å²) in [7, 11) is 1.86. The molecule has 0 bridgehead atoms. The summed E-state index contributed by atoms with van der Waals surface area (Å²) >= 11 is 7.39. The molecule has 0 saturated heterocycles. The Labute approximate surface area is 190 Å². The number of thioether (sulfide) groups is 1. The second kappa shape index (κ2) is 11.0. The van der Waals surface area contributed by atoms with E-state index in [9.17, 15) is 9.59 Å². The van der Waals surface area contributed by atoms with E-state index < -0.39 is 5.97 Å².